The minimum absolute atomic E-state index is 0.0415. The summed E-state index contributed by atoms with van der Waals surface area (Å²) in [5.41, 5.74) is 1.28. The smallest absolute Gasteiger partial charge is 0.337 e. The van der Waals surface area contributed by atoms with Gasteiger partial charge in [-0.1, -0.05) is 53.9 Å². The average Bonchev–Trinajstić information content (AvgIpc) is 3.40. The number of carbonyl (C=O) groups excluding carboxylic acids is 1. The zero-order valence-corrected chi connectivity index (χ0v) is 19.8. The first kappa shape index (κ1) is 23.0. The van der Waals surface area contributed by atoms with Crippen molar-refractivity contribution in [3.05, 3.63) is 72.6 Å². The number of para-hydroxylation sites is 2. The maximum atomic E-state index is 12.4. The van der Waals surface area contributed by atoms with E-state index in [1.807, 2.05) is 28.8 Å². The molecule has 0 bridgehead atoms. The van der Waals surface area contributed by atoms with Crippen LogP contribution >= 0.6 is 34.9 Å². The SMILES string of the molecule is C=CCn1c(CSc2nc3ccccc3s2)nnc1SCC(=O)Nc1ccccc1C(=O)O. The molecule has 0 saturated heterocycles. The Morgan fingerprint density at radius 3 is 2.70 bits per heavy atom. The van der Waals surface area contributed by atoms with Crippen LogP contribution in [0.3, 0.4) is 0 Å². The second kappa shape index (κ2) is 10.6. The van der Waals surface area contributed by atoms with Crippen molar-refractivity contribution in [2.45, 2.75) is 21.8 Å². The maximum absolute atomic E-state index is 12.4. The molecule has 4 rings (SSSR count). The maximum Gasteiger partial charge on any atom is 0.337 e. The number of carboxylic acid groups (broad SMARTS) is 1. The van der Waals surface area contributed by atoms with E-state index in [2.05, 4.69) is 27.1 Å². The quantitative estimate of drug-likeness (QED) is 0.238. The van der Waals surface area contributed by atoms with E-state index in [4.69, 9.17) is 0 Å². The van der Waals surface area contributed by atoms with Gasteiger partial charge in [-0.15, -0.1) is 28.1 Å². The third-order valence-electron chi connectivity index (χ3n) is 4.47. The number of amides is 1. The first-order valence-electron chi connectivity index (χ1n) is 9.81. The highest BCUT2D eigenvalue weighted by Gasteiger charge is 2.16. The number of nitrogens with zero attached hydrogens (tertiary/aromatic N) is 4. The number of carbonyl (C=O) groups is 2. The van der Waals surface area contributed by atoms with Gasteiger partial charge >= 0.3 is 5.97 Å². The Bertz CT molecular complexity index is 1280. The fraction of sp³-hybridized carbons (Fsp3) is 0.136. The largest absolute Gasteiger partial charge is 0.478 e. The van der Waals surface area contributed by atoms with E-state index in [-0.39, 0.29) is 22.9 Å². The lowest BCUT2D eigenvalue weighted by Crippen LogP contribution is -2.17. The molecule has 33 heavy (non-hydrogen) atoms. The van der Waals surface area contributed by atoms with E-state index < -0.39 is 5.97 Å². The normalized spacial score (nSPS) is 10.9. The molecule has 2 aromatic heterocycles. The Kier molecular flexibility index (Phi) is 7.43. The summed E-state index contributed by atoms with van der Waals surface area (Å²) in [5.74, 6) is -0.0155. The number of hydrogen-bond acceptors (Lipinski definition) is 8. The number of thioether (sulfide) groups is 2. The van der Waals surface area contributed by atoms with Gasteiger partial charge in [0.2, 0.25) is 5.91 Å². The van der Waals surface area contributed by atoms with E-state index in [0.717, 1.165) is 20.4 Å². The number of nitrogens with one attached hydrogen (secondary N) is 1. The summed E-state index contributed by atoms with van der Waals surface area (Å²) in [6.07, 6.45) is 1.75. The van der Waals surface area contributed by atoms with Gasteiger partial charge in [-0.3, -0.25) is 4.79 Å². The molecule has 0 saturated carbocycles. The monoisotopic (exact) mass is 497 g/mol. The van der Waals surface area contributed by atoms with Crippen molar-refractivity contribution in [2.75, 3.05) is 11.1 Å². The Morgan fingerprint density at radius 2 is 1.91 bits per heavy atom. The van der Waals surface area contributed by atoms with Gasteiger partial charge in [0.1, 0.15) is 5.82 Å². The lowest BCUT2D eigenvalue weighted by atomic mass is 10.2. The van der Waals surface area contributed by atoms with Crippen molar-refractivity contribution < 1.29 is 14.7 Å². The Labute approximate surface area is 202 Å². The molecule has 168 valence electrons. The van der Waals surface area contributed by atoms with E-state index in [1.165, 1.54) is 17.8 Å². The number of rotatable bonds is 10. The van der Waals surface area contributed by atoms with Crippen LogP contribution in [0, 0.1) is 0 Å². The summed E-state index contributed by atoms with van der Waals surface area (Å²) in [5, 5.41) is 21.0. The molecule has 11 heteroatoms. The topological polar surface area (TPSA) is 110 Å². The molecule has 0 spiro atoms. The summed E-state index contributed by atoms with van der Waals surface area (Å²) in [4.78, 5) is 28.4. The number of hydrogen-bond donors (Lipinski definition) is 2. The molecule has 0 atom stereocenters. The first-order valence-corrected chi connectivity index (χ1v) is 12.6. The van der Waals surface area contributed by atoms with Crippen LogP contribution in [0.2, 0.25) is 0 Å². The number of aromatic carboxylic acids is 1. The summed E-state index contributed by atoms with van der Waals surface area (Å²) in [6, 6.07) is 14.3. The molecule has 0 aliphatic carbocycles. The van der Waals surface area contributed by atoms with E-state index >= 15 is 0 Å². The second-order valence-corrected chi connectivity index (χ2v) is 9.92. The predicted molar refractivity (Wildman–Crippen MR) is 132 cm³/mol. The predicted octanol–water partition coefficient (Wildman–Crippen LogP) is 4.80. The highest BCUT2D eigenvalue weighted by Crippen LogP contribution is 2.31. The van der Waals surface area contributed by atoms with Gasteiger partial charge < -0.3 is 15.0 Å². The molecule has 8 nitrogen and oxygen atoms in total. The van der Waals surface area contributed by atoms with Gasteiger partial charge in [-0.25, -0.2) is 9.78 Å². The van der Waals surface area contributed by atoms with Crippen LogP contribution in [0.1, 0.15) is 16.2 Å². The second-order valence-electron chi connectivity index (χ2n) is 6.72. The van der Waals surface area contributed by atoms with Crippen molar-refractivity contribution in [3.63, 3.8) is 0 Å². The molecule has 2 N–H and O–H groups in total. The van der Waals surface area contributed by atoms with Crippen molar-refractivity contribution in [3.8, 4) is 0 Å². The van der Waals surface area contributed by atoms with E-state index in [1.54, 1.807) is 47.4 Å². The van der Waals surface area contributed by atoms with Gasteiger partial charge in [-0.05, 0) is 24.3 Å². The lowest BCUT2D eigenvalue weighted by molar-refractivity contribution is -0.113. The van der Waals surface area contributed by atoms with Gasteiger partial charge in [0.15, 0.2) is 9.50 Å². The molecule has 4 aromatic rings. The van der Waals surface area contributed by atoms with Gasteiger partial charge in [0.25, 0.3) is 0 Å². The fourth-order valence-electron chi connectivity index (χ4n) is 2.98. The van der Waals surface area contributed by atoms with E-state index in [9.17, 15) is 14.7 Å². The highest BCUT2D eigenvalue weighted by molar-refractivity contribution is 8.00. The molecule has 0 radical (unpaired) electrons. The number of anilines is 1. The van der Waals surface area contributed by atoms with Crippen LogP contribution in [0.5, 0.6) is 0 Å². The summed E-state index contributed by atoms with van der Waals surface area (Å²) < 4.78 is 4.01. The summed E-state index contributed by atoms with van der Waals surface area (Å²) >= 11 is 4.46. The average molecular weight is 498 g/mol. The van der Waals surface area contributed by atoms with Crippen molar-refractivity contribution in [2.24, 2.45) is 0 Å². The number of carboxylic acids is 1. The number of fused-ring (bicyclic) bond motifs is 1. The minimum atomic E-state index is -1.10. The molecule has 2 heterocycles. The molecule has 0 fully saturated rings. The Hall–Kier alpha value is -3.15. The summed E-state index contributed by atoms with van der Waals surface area (Å²) in [6.45, 7) is 4.31. The third kappa shape index (κ3) is 5.62. The Balaban J connectivity index is 1.40. The molecular weight excluding hydrogens is 478 g/mol. The fourth-order valence-corrected chi connectivity index (χ4v) is 5.75. The van der Waals surface area contributed by atoms with E-state index in [0.29, 0.717) is 17.5 Å². The third-order valence-corrected chi connectivity index (χ3v) is 7.61. The molecular formula is C22H19N5O3S3. The van der Waals surface area contributed by atoms with Gasteiger partial charge in [-0.2, -0.15) is 0 Å². The van der Waals surface area contributed by atoms with Crippen molar-refractivity contribution in [1.82, 2.24) is 19.7 Å². The zero-order chi connectivity index (χ0) is 23.2. The molecule has 1 amide bonds. The number of allylic oxidation sites excluding steroid dienone is 1. The van der Waals surface area contributed by atoms with Crippen LogP contribution in [-0.4, -0.2) is 42.5 Å². The van der Waals surface area contributed by atoms with Crippen molar-refractivity contribution >= 4 is 62.6 Å². The lowest BCUT2D eigenvalue weighted by Gasteiger charge is -2.09. The van der Waals surface area contributed by atoms with Crippen molar-refractivity contribution in [1.29, 1.82) is 0 Å². The van der Waals surface area contributed by atoms with Crippen LogP contribution in [0.15, 0.2) is 70.7 Å². The molecule has 0 aliphatic rings. The zero-order valence-electron chi connectivity index (χ0n) is 17.3. The first-order chi connectivity index (χ1) is 16.0. The minimum Gasteiger partial charge on any atom is -0.478 e. The number of aromatic nitrogens is 4. The Morgan fingerprint density at radius 1 is 1.12 bits per heavy atom. The standard InChI is InChI=1S/C22H19N5O3S3/c1-2-11-27-18(12-32-22-24-16-9-5-6-10-17(16)33-22)25-26-21(27)31-13-19(28)23-15-8-4-3-7-14(15)20(29)30/h2-10H,1,11-13H2,(H,23,28)(H,29,30). The van der Waals surface area contributed by atoms with Crippen LogP contribution in [0.4, 0.5) is 5.69 Å². The number of thiazole rings is 1. The van der Waals surface area contributed by atoms with Crippen LogP contribution < -0.4 is 5.32 Å². The highest BCUT2D eigenvalue weighted by atomic mass is 32.2. The summed E-state index contributed by atoms with van der Waals surface area (Å²) in [7, 11) is 0. The van der Waals surface area contributed by atoms with Crippen LogP contribution in [-0.2, 0) is 17.1 Å². The molecule has 0 aliphatic heterocycles. The molecule has 2 aromatic carbocycles. The van der Waals surface area contributed by atoms with Gasteiger partial charge in [0, 0.05) is 6.54 Å². The molecule has 0 unspecified atom stereocenters. The van der Waals surface area contributed by atoms with Gasteiger partial charge in [0.05, 0.1) is 33.0 Å². The number of benzene rings is 2. The van der Waals surface area contributed by atoms with Crippen LogP contribution in [0.25, 0.3) is 10.2 Å².